The number of hydrogen-bond donors (Lipinski definition) is 2. The molecular formula is C13H18N2O3. The van der Waals surface area contributed by atoms with Crippen LogP contribution < -0.4 is 10.2 Å². The number of aromatic carboxylic acids is 1. The summed E-state index contributed by atoms with van der Waals surface area (Å²) in [7, 11) is 1.64. The Morgan fingerprint density at radius 3 is 2.06 bits per heavy atom. The van der Waals surface area contributed by atoms with Crippen LogP contribution in [-0.4, -0.2) is 29.7 Å². The Labute approximate surface area is 106 Å². The van der Waals surface area contributed by atoms with Gasteiger partial charge in [0.25, 0.3) is 0 Å². The summed E-state index contributed by atoms with van der Waals surface area (Å²) in [5, 5.41) is 11.6. The highest BCUT2D eigenvalue weighted by Gasteiger charge is 2.18. The summed E-state index contributed by atoms with van der Waals surface area (Å²) in [4.78, 5) is 24.0. The molecule has 0 heterocycles. The minimum Gasteiger partial charge on any atom is -0.478 e. The van der Waals surface area contributed by atoms with E-state index in [-0.39, 0.29) is 17.1 Å². The summed E-state index contributed by atoms with van der Waals surface area (Å²) in [6.07, 6.45) is 0. The van der Waals surface area contributed by atoms with Crippen molar-refractivity contribution in [1.29, 1.82) is 0 Å². The Bertz CT molecular complexity index is 446. The minimum absolute atomic E-state index is 0.198. The molecule has 0 aliphatic carbocycles. The van der Waals surface area contributed by atoms with Crippen LogP contribution in [0.2, 0.25) is 0 Å². The van der Waals surface area contributed by atoms with Gasteiger partial charge in [0.15, 0.2) is 0 Å². The number of benzene rings is 1. The molecule has 0 atom stereocenters. The maximum atomic E-state index is 11.9. The van der Waals surface area contributed by atoms with Gasteiger partial charge in [-0.1, -0.05) is 0 Å². The van der Waals surface area contributed by atoms with Crippen LogP contribution in [0.4, 0.5) is 10.5 Å². The van der Waals surface area contributed by atoms with Crippen LogP contribution in [0.5, 0.6) is 0 Å². The molecule has 0 saturated heterocycles. The topological polar surface area (TPSA) is 69.6 Å². The fraction of sp³-hybridized carbons (Fsp3) is 0.385. The van der Waals surface area contributed by atoms with Crippen LogP contribution >= 0.6 is 0 Å². The van der Waals surface area contributed by atoms with Gasteiger partial charge in [-0.15, -0.1) is 0 Å². The van der Waals surface area contributed by atoms with E-state index < -0.39 is 5.97 Å². The number of carboxylic acids is 1. The summed E-state index contributed by atoms with van der Waals surface area (Å²) >= 11 is 0. The quantitative estimate of drug-likeness (QED) is 0.846. The molecular weight excluding hydrogens is 232 g/mol. The van der Waals surface area contributed by atoms with E-state index in [2.05, 4.69) is 5.32 Å². The van der Waals surface area contributed by atoms with Crippen LogP contribution in [0.25, 0.3) is 0 Å². The van der Waals surface area contributed by atoms with Gasteiger partial charge >= 0.3 is 12.0 Å². The lowest BCUT2D eigenvalue weighted by atomic mass is 10.1. The van der Waals surface area contributed by atoms with Crippen LogP contribution in [-0.2, 0) is 0 Å². The highest BCUT2D eigenvalue weighted by atomic mass is 16.4. The number of hydrogen-bond acceptors (Lipinski definition) is 2. The second-order valence-electron chi connectivity index (χ2n) is 5.09. The molecule has 0 unspecified atom stereocenters. The lowest BCUT2D eigenvalue weighted by Gasteiger charge is -2.25. The molecule has 0 spiro atoms. The van der Waals surface area contributed by atoms with Crippen molar-refractivity contribution in [1.82, 2.24) is 5.32 Å². The van der Waals surface area contributed by atoms with Crippen molar-refractivity contribution in [2.24, 2.45) is 0 Å². The van der Waals surface area contributed by atoms with Gasteiger partial charge in [0.1, 0.15) is 0 Å². The van der Waals surface area contributed by atoms with E-state index in [0.717, 1.165) is 0 Å². The molecule has 1 aromatic carbocycles. The van der Waals surface area contributed by atoms with Crippen molar-refractivity contribution in [2.45, 2.75) is 26.3 Å². The van der Waals surface area contributed by atoms with Crippen molar-refractivity contribution in [2.75, 3.05) is 11.9 Å². The first-order valence-electron chi connectivity index (χ1n) is 5.60. The van der Waals surface area contributed by atoms with Gasteiger partial charge in [-0.25, -0.2) is 9.59 Å². The average Bonchev–Trinajstić information content (AvgIpc) is 2.26. The molecule has 0 radical (unpaired) electrons. The van der Waals surface area contributed by atoms with Gasteiger partial charge in [-0.05, 0) is 45.0 Å². The van der Waals surface area contributed by atoms with Gasteiger partial charge in [-0.3, -0.25) is 4.90 Å². The minimum atomic E-state index is -0.983. The van der Waals surface area contributed by atoms with E-state index in [9.17, 15) is 9.59 Å². The van der Waals surface area contributed by atoms with E-state index in [1.807, 2.05) is 20.8 Å². The molecule has 0 bridgehead atoms. The maximum absolute atomic E-state index is 11.9. The number of anilines is 1. The van der Waals surface area contributed by atoms with E-state index in [0.29, 0.717) is 5.69 Å². The number of nitrogens with one attached hydrogen (secondary N) is 1. The molecule has 98 valence electrons. The zero-order valence-electron chi connectivity index (χ0n) is 11.0. The highest BCUT2D eigenvalue weighted by Crippen LogP contribution is 2.14. The van der Waals surface area contributed by atoms with E-state index in [4.69, 9.17) is 5.11 Å². The molecule has 0 fully saturated rings. The first kappa shape index (κ1) is 14.0. The Morgan fingerprint density at radius 2 is 1.67 bits per heavy atom. The largest absolute Gasteiger partial charge is 0.478 e. The zero-order valence-corrected chi connectivity index (χ0v) is 11.0. The molecule has 0 aromatic heterocycles. The first-order valence-corrected chi connectivity index (χ1v) is 5.60. The van der Waals surface area contributed by atoms with Crippen LogP contribution in [0.1, 0.15) is 31.1 Å². The Morgan fingerprint density at radius 1 is 1.17 bits per heavy atom. The fourth-order valence-electron chi connectivity index (χ4n) is 1.35. The Kier molecular flexibility index (Phi) is 3.96. The monoisotopic (exact) mass is 250 g/mol. The number of urea groups is 1. The standard InChI is InChI=1S/C13H18N2O3/c1-13(2,3)14-12(18)15(4)10-7-5-9(6-8-10)11(16)17/h5-8H,1-4H3,(H,14,18)(H,16,17). The molecule has 18 heavy (non-hydrogen) atoms. The predicted molar refractivity (Wildman–Crippen MR) is 70.1 cm³/mol. The molecule has 2 amide bonds. The van der Waals surface area contributed by atoms with Gasteiger partial charge in [-0.2, -0.15) is 0 Å². The van der Waals surface area contributed by atoms with Crippen molar-refractivity contribution in [3.63, 3.8) is 0 Å². The second kappa shape index (κ2) is 5.08. The normalized spacial score (nSPS) is 10.9. The van der Waals surface area contributed by atoms with Crippen molar-refractivity contribution in [3.8, 4) is 0 Å². The number of carbonyl (C=O) groups excluding carboxylic acids is 1. The lowest BCUT2D eigenvalue weighted by Crippen LogP contribution is -2.47. The van der Waals surface area contributed by atoms with E-state index in [1.54, 1.807) is 19.2 Å². The summed E-state index contributed by atoms with van der Waals surface area (Å²) in [5.74, 6) is -0.983. The van der Waals surface area contributed by atoms with E-state index >= 15 is 0 Å². The molecule has 1 rings (SSSR count). The smallest absolute Gasteiger partial charge is 0.335 e. The highest BCUT2D eigenvalue weighted by molar-refractivity contribution is 5.93. The maximum Gasteiger partial charge on any atom is 0.335 e. The average molecular weight is 250 g/mol. The molecule has 5 nitrogen and oxygen atoms in total. The van der Waals surface area contributed by atoms with Gasteiger partial charge < -0.3 is 10.4 Å². The van der Waals surface area contributed by atoms with Gasteiger partial charge in [0.05, 0.1) is 5.56 Å². The summed E-state index contributed by atoms with van der Waals surface area (Å²) < 4.78 is 0. The molecule has 0 saturated carbocycles. The van der Waals surface area contributed by atoms with Gasteiger partial charge in [0, 0.05) is 18.3 Å². The van der Waals surface area contributed by atoms with E-state index in [1.165, 1.54) is 17.0 Å². The van der Waals surface area contributed by atoms with Crippen molar-refractivity contribution >= 4 is 17.7 Å². The Balaban J connectivity index is 2.81. The number of carbonyl (C=O) groups is 2. The van der Waals surface area contributed by atoms with Crippen molar-refractivity contribution in [3.05, 3.63) is 29.8 Å². The second-order valence-corrected chi connectivity index (χ2v) is 5.09. The first-order chi connectivity index (χ1) is 8.20. The third kappa shape index (κ3) is 3.76. The third-order valence-electron chi connectivity index (χ3n) is 2.29. The number of rotatable bonds is 2. The summed E-state index contributed by atoms with van der Waals surface area (Å²) in [6, 6.07) is 5.92. The van der Waals surface area contributed by atoms with Crippen LogP contribution in [0.15, 0.2) is 24.3 Å². The zero-order chi connectivity index (χ0) is 13.9. The number of amides is 2. The number of carboxylic acid groups (broad SMARTS) is 1. The molecule has 1 aromatic rings. The number of nitrogens with zero attached hydrogens (tertiary/aromatic N) is 1. The molecule has 2 N–H and O–H groups in total. The molecule has 0 aliphatic rings. The summed E-state index contributed by atoms with van der Waals surface area (Å²) in [6.45, 7) is 5.69. The van der Waals surface area contributed by atoms with Crippen LogP contribution in [0, 0.1) is 0 Å². The molecule has 5 heteroatoms. The fourth-order valence-corrected chi connectivity index (χ4v) is 1.35. The van der Waals surface area contributed by atoms with Crippen molar-refractivity contribution < 1.29 is 14.7 Å². The molecule has 0 aliphatic heterocycles. The summed E-state index contributed by atoms with van der Waals surface area (Å²) in [5.41, 5.74) is 0.525. The van der Waals surface area contributed by atoms with Gasteiger partial charge in [0.2, 0.25) is 0 Å². The SMILES string of the molecule is CN(C(=O)NC(C)(C)C)c1ccc(C(=O)O)cc1. The predicted octanol–water partition coefficient (Wildman–Crippen LogP) is 2.33. The lowest BCUT2D eigenvalue weighted by molar-refractivity contribution is 0.0697. The third-order valence-corrected chi connectivity index (χ3v) is 2.29. The van der Waals surface area contributed by atoms with Crippen LogP contribution in [0.3, 0.4) is 0 Å². The Hall–Kier alpha value is -2.04.